The van der Waals surface area contributed by atoms with Gasteiger partial charge in [-0.2, -0.15) is 0 Å². The highest BCUT2D eigenvalue weighted by Gasteiger charge is 2.44. The van der Waals surface area contributed by atoms with Crippen molar-refractivity contribution in [2.24, 2.45) is 0 Å². The van der Waals surface area contributed by atoms with Gasteiger partial charge in [-0.15, -0.1) is 6.58 Å². The number of hydrogen-bond acceptors (Lipinski definition) is 4. The van der Waals surface area contributed by atoms with Crippen molar-refractivity contribution in [1.29, 1.82) is 0 Å². The number of urea groups is 1. The lowest BCUT2D eigenvalue weighted by Crippen LogP contribution is -2.47. The van der Waals surface area contributed by atoms with Crippen LogP contribution in [0.5, 0.6) is 11.5 Å². The van der Waals surface area contributed by atoms with Gasteiger partial charge in [-0.3, -0.25) is 9.69 Å². The van der Waals surface area contributed by atoms with Crippen LogP contribution in [0.4, 0.5) is 4.79 Å². The number of amides is 3. The van der Waals surface area contributed by atoms with Gasteiger partial charge in [-0.1, -0.05) is 36.4 Å². The minimum absolute atomic E-state index is 0.0835. The molecular weight excluding hydrogens is 406 g/mol. The van der Waals surface area contributed by atoms with Crippen molar-refractivity contribution in [2.45, 2.75) is 12.5 Å². The molecule has 1 N–H and O–H groups in total. The molecule has 2 aromatic rings. The topological polar surface area (TPSA) is 71.1 Å². The van der Waals surface area contributed by atoms with Crippen molar-refractivity contribution in [1.82, 2.24) is 15.1 Å². The van der Waals surface area contributed by atoms with Crippen molar-refractivity contribution in [3.63, 3.8) is 0 Å². The molecule has 1 unspecified atom stereocenters. The van der Waals surface area contributed by atoms with Crippen LogP contribution < -0.4 is 14.8 Å². The average molecular weight is 434 g/mol. The third-order valence-electron chi connectivity index (χ3n) is 5.87. The van der Waals surface area contributed by atoms with Crippen LogP contribution in [0.3, 0.4) is 0 Å². The smallest absolute Gasteiger partial charge is 0.322 e. The van der Waals surface area contributed by atoms with Crippen LogP contribution in [0.2, 0.25) is 0 Å². The Bertz CT molecular complexity index is 1060. The molecule has 1 atom stereocenters. The second-order valence-electron chi connectivity index (χ2n) is 7.71. The van der Waals surface area contributed by atoms with Crippen LogP contribution in [-0.4, -0.2) is 55.6 Å². The van der Waals surface area contributed by atoms with Crippen LogP contribution in [0.1, 0.15) is 17.2 Å². The van der Waals surface area contributed by atoms with E-state index in [1.54, 1.807) is 48.3 Å². The third-order valence-corrected chi connectivity index (χ3v) is 5.87. The molecule has 0 aliphatic carbocycles. The molecule has 2 aliphatic rings. The maximum atomic E-state index is 13.5. The molecule has 0 fully saturated rings. The van der Waals surface area contributed by atoms with Gasteiger partial charge in [0.05, 0.1) is 38.1 Å². The molecule has 0 saturated carbocycles. The van der Waals surface area contributed by atoms with E-state index < -0.39 is 6.04 Å². The molecule has 0 aromatic heterocycles. The number of methoxy groups -OCH3 is 2. The number of ether oxygens (including phenoxy) is 2. The van der Waals surface area contributed by atoms with E-state index in [0.29, 0.717) is 48.0 Å². The molecular formula is C25H27N3O4. The number of hydrogen-bond donors (Lipinski definition) is 1. The Hall–Kier alpha value is -3.74. The van der Waals surface area contributed by atoms with Crippen LogP contribution >= 0.6 is 0 Å². The van der Waals surface area contributed by atoms with E-state index in [4.69, 9.17) is 9.47 Å². The fourth-order valence-electron chi connectivity index (χ4n) is 4.26. The van der Waals surface area contributed by atoms with Crippen LogP contribution in [0.15, 0.2) is 72.5 Å². The van der Waals surface area contributed by atoms with Gasteiger partial charge in [0, 0.05) is 18.7 Å². The molecule has 0 saturated heterocycles. The molecule has 0 radical (unpaired) electrons. The zero-order valence-corrected chi connectivity index (χ0v) is 18.3. The van der Waals surface area contributed by atoms with Gasteiger partial charge in [-0.25, -0.2) is 4.79 Å². The number of nitrogens with zero attached hydrogens (tertiary/aromatic N) is 2. The van der Waals surface area contributed by atoms with Gasteiger partial charge < -0.3 is 19.7 Å². The summed E-state index contributed by atoms with van der Waals surface area (Å²) in [6.45, 7) is 5.03. The number of nitrogens with one attached hydrogen (secondary N) is 1. The van der Waals surface area contributed by atoms with E-state index in [1.165, 1.54) is 0 Å². The molecule has 7 heteroatoms. The van der Waals surface area contributed by atoms with E-state index >= 15 is 0 Å². The zero-order valence-electron chi connectivity index (χ0n) is 18.3. The predicted octanol–water partition coefficient (Wildman–Crippen LogP) is 3.30. The van der Waals surface area contributed by atoms with Gasteiger partial charge in [-0.05, 0) is 30.2 Å². The quantitative estimate of drug-likeness (QED) is 0.649. The minimum Gasteiger partial charge on any atom is -0.497 e. The summed E-state index contributed by atoms with van der Waals surface area (Å²) >= 11 is 0. The monoisotopic (exact) mass is 433 g/mol. The number of rotatable bonds is 8. The van der Waals surface area contributed by atoms with E-state index in [1.807, 2.05) is 30.3 Å². The van der Waals surface area contributed by atoms with E-state index in [-0.39, 0.29) is 11.9 Å². The Kier molecular flexibility index (Phi) is 6.16. The molecule has 0 spiro atoms. The summed E-state index contributed by atoms with van der Waals surface area (Å²) < 4.78 is 10.9. The summed E-state index contributed by atoms with van der Waals surface area (Å²) in [6.07, 6.45) is 2.40. The fourth-order valence-corrected chi connectivity index (χ4v) is 4.26. The number of carbonyl (C=O) groups is 2. The molecule has 7 nitrogen and oxygen atoms in total. The number of carbonyl (C=O) groups excluding carboxylic acids is 2. The first-order valence-electron chi connectivity index (χ1n) is 10.5. The molecule has 3 amide bonds. The Morgan fingerprint density at radius 1 is 1.12 bits per heavy atom. The number of benzene rings is 2. The van der Waals surface area contributed by atoms with Gasteiger partial charge in [0.2, 0.25) is 0 Å². The van der Waals surface area contributed by atoms with Gasteiger partial charge >= 0.3 is 6.03 Å². The summed E-state index contributed by atoms with van der Waals surface area (Å²) in [5.41, 5.74) is 3.12. The van der Waals surface area contributed by atoms with E-state index in [0.717, 1.165) is 12.0 Å². The standard InChI is InChI=1S/C25H27N3O4/c1-4-13-28-20-16-27(14-12-17-8-6-5-7-9-17)24(29)22(20)23(26-25(28)30)19-15-18(31-2)10-11-21(19)32-3/h4-11,15,23H,1,12-14,16H2,2-3H3,(H,26,30). The second-order valence-corrected chi connectivity index (χ2v) is 7.71. The Balaban J connectivity index is 1.70. The van der Waals surface area contributed by atoms with E-state index in [2.05, 4.69) is 11.9 Å². The van der Waals surface area contributed by atoms with E-state index in [9.17, 15) is 9.59 Å². The first-order valence-corrected chi connectivity index (χ1v) is 10.5. The zero-order chi connectivity index (χ0) is 22.7. The lowest BCUT2D eigenvalue weighted by Gasteiger charge is -2.33. The van der Waals surface area contributed by atoms with Gasteiger partial charge in [0.1, 0.15) is 11.5 Å². The van der Waals surface area contributed by atoms with Crippen LogP contribution in [0, 0.1) is 0 Å². The Labute approximate surface area is 187 Å². The fraction of sp³-hybridized carbons (Fsp3) is 0.280. The largest absolute Gasteiger partial charge is 0.497 e. The van der Waals surface area contributed by atoms with Gasteiger partial charge in [0.15, 0.2) is 0 Å². The normalized spacial score (nSPS) is 17.9. The lowest BCUT2D eigenvalue weighted by molar-refractivity contribution is -0.125. The van der Waals surface area contributed by atoms with Crippen LogP contribution in [0.25, 0.3) is 0 Å². The van der Waals surface area contributed by atoms with Crippen LogP contribution in [-0.2, 0) is 11.2 Å². The summed E-state index contributed by atoms with van der Waals surface area (Å²) in [5.74, 6) is 1.12. The third kappa shape index (κ3) is 3.93. The summed E-state index contributed by atoms with van der Waals surface area (Å²) in [4.78, 5) is 29.9. The lowest BCUT2D eigenvalue weighted by atomic mass is 9.94. The summed E-state index contributed by atoms with van der Waals surface area (Å²) in [7, 11) is 3.14. The van der Waals surface area contributed by atoms with Gasteiger partial charge in [0.25, 0.3) is 5.91 Å². The first-order chi connectivity index (χ1) is 15.6. The SMILES string of the molecule is C=CCN1C(=O)NC(c2cc(OC)ccc2OC)C2=C1CN(CCc1ccccc1)C2=O. The maximum Gasteiger partial charge on any atom is 0.322 e. The molecule has 2 heterocycles. The molecule has 166 valence electrons. The van der Waals surface area contributed by atoms with Crippen molar-refractivity contribution in [3.05, 3.63) is 83.6 Å². The molecule has 2 aliphatic heterocycles. The summed E-state index contributed by atoms with van der Waals surface area (Å²) in [6, 6.07) is 14.5. The first kappa shape index (κ1) is 21.5. The van der Waals surface area contributed by atoms with Crippen molar-refractivity contribution >= 4 is 11.9 Å². The predicted molar refractivity (Wildman–Crippen MR) is 121 cm³/mol. The molecule has 0 bridgehead atoms. The highest BCUT2D eigenvalue weighted by atomic mass is 16.5. The Morgan fingerprint density at radius 3 is 2.59 bits per heavy atom. The average Bonchev–Trinajstić information content (AvgIpc) is 3.15. The van der Waals surface area contributed by atoms with Crippen molar-refractivity contribution in [2.75, 3.05) is 33.9 Å². The second kappa shape index (κ2) is 9.18. The highest BCUT2D eigenvalue weighted by Crippen LogP contribution is 2.40. The van der Waals surface area contributed by atoms with Crippen molar-refractivity contribution < 1.29 is 19.1 Å². The molecule has 4 rings (SSSR count). The summed E-state index contributed by atoms with van der Waals surface area (Å²) in [5, 5.41) is 2.99. The van der Waals surface area contributed by atoms with Crippen molar-refractivity contribution in [3.8, 4) is 11.5 Å². The molecule has 2 aromatic carbocycles. The highest BCUT2D eigenvalue weighted by molar-refractivity contribution is 6.01. The Morgan fingerprint density at radius 2 is 1.91 bits per heavy atom. The maximum absolute atomic E-state index is 13.5. The molecule has 32 heavy (non-hydrogen) atoms. The minimum atomic E-state index is -0.627.